The van der Waals surface area contributed by atoms with Crippen LogP contribution in [0.3, 0.4) is 0 Å². The van der Waals surface area contributed by atoms with E-state index in [0.29, 0.717) is 17.0 Å². The third kappa shape index (κ3) is 5.03. The van der Waals surface area contributed by atoms with Crippen molar-refractivity contribution in [2.75, 3.05) is 11.9 Å². The zero-order chi connectivity index (χ0) is 21.7. The largest absolute Gasteiger partial charge is 0.455 e. The van der Waals surface area contributed by atoms with Crippen molar-refractivity contribution >= 4 is 21.6 Å². The Labute approximate surface area is 174 Å². The summed E-state index contributed by atoms with van der Waals surface area (Å²) in [5.41, 5.74) is 1.20. The van der Waals surface area contributed by atoms with E-state index >= 15 is 0 Å². The first-order valence-electron chi connectivity index (χ1n) is 9.24. The maximum Gasteiger partial charge on any atom is 0.256 e. The second kappa shape index (κ2) is 9.06. The average Bonchev–Trinajstić information content (AvgIpc) is 2.69. The lowest BCUT2D eigenvalue weighted by molar-refractivity contribution is 0.102. The minimum atomic E-state index is -3.70. The van der Waals surface area contributed by atoms with Crippen molar-refractivity contribution in [3.8, 4) is 11.5 Å². The Balaban J connectivity index is 1.88. The number of para-hydroxylation sites is 2. The Morgan fingerprint density at radius 3 is 2.53 bits per heavy atom. The maximum absolute atomic E-state index is 13.4. The summed E-state index contributed by atoms with van der Waals surface area (Å²) in [5, 5.41) is 2.74. The van der Waals surface area contributed by atoms with Crippen LogP contribution in [0.25, 0.3) is 0 Å². The number of hydrogen-bond acceptors (Lipinski definition) is 4. The van der Waals surface area contributed by atoms with Crippen molar-refractivity contribution in [1.29, 1.82) is 0 Å². The molecular weight excluding hydrogens is 407 g/mol. The average molecular weight is 428 g/mol. The molecule has 3 rings (SSSR count). The van der Waals surface area contributed by atoms with Gasteiger partial charge in [-0.2, -0.15) is 0 Å². The van der Waals surface area contributed by atoms with Gasteiger partial charge in [0.2, 0.25) is 10.0 Å². The molecule has 0 saturated heterocycles. The van der Waals surface area contributed by atoms with Gasteiger partial charge in [-0.1, -0.05) is 31.2 Å². The van der Waals surface area contributed by atoms with Crippen LogP contribution in [-0.2, 0) is 10.0 Å². The van der Waals surface area contributed by atoms with Crippen LogP contribution in [0.15, 0.2) is 71.6 Å². The predicted octanol–water partition coefficient (Wildman–Crippen LogP) is 4.48. The van der Waals surface area contributed by atoms with Gasteiger partial charge < -0.3 is 10.1 Å². The first kappa shape index (κ1) is 21.5. The smallest absolute Gasteiger partial charge is 0.256 e. The number of rotatable bonds is 7. The van der Waals surface area contributed by atoms with Crippen LogP contribution in [0.1, 0.15) is 22.8 Å². The van der Waals surface area contributed by atoms with E-state index in [1.54, 1.807) is 50.2 Å². The molecule has 0 saturated carbocycles. The van der Waals surface area contributed by atoms with E-state index in [1.165, 1.54) is 30.3 Å². The number of nitrogens with one attached hydrogen (secondary N) is 2. The number of benzene rings is 3. The summed E-state index contributed by atoms with van der Waals surface area (Å²) < 4.78 is 46.1. The lowest BCUT2D eigenvalue weighted by Crippen LogP contribution is -2.24. The topological polar surface area (TPSA) is 84.5 Å². The summed E-state index contributed by atoms with van der Waals surface area (Å²) in [4.78, 5) is 12.9. The van der Waals surface area contributed by atoms with Gasteiger partial charge in [-0.3, -0.25) is 4.79 Å². The SMILES string of the molecule is CCNS(=O)(=O)c1ccc(C)c(C(=O)Nc2ccccc2Oc2cccc(F)c2)c1. The zero-order valence-electron chi connectivity index (χ0n) is 16.5. The number of halogens is 1. The van der Waals surface area contributed by atoms with Gasteiger partial charge in [0.15, 0.2) is 5.75 Å². The normalized spacial score (nSPS) is 11.2. The summed E-state index contributed by atoms with van der Waals surface area (Å²) in [6.07, 6.45) is 0. The lowest BCUT2D eigenvalue weighted by Gasteiger charge is -2.14. The van der Waals surface area contributed by atoms with Crippen LogP contribution in [0.4, 0.5) is 10.1 Å². The summed E-state index contributed by atoms with van der Waals surface area (Å²) in [6.45, 7) is 3.63. The number of sulfonamides is 1. The molecule has 0 bridgehead atoms. The summed E-state index contributed by atoms with van der Waals surface area (Å²) >= 11 is 0. The summed E-state index contributed by atoms with van der Waals surface area (Å²) in [6, 6.07) is 16.7. The number of aryl methyl sites for hydroxylation is 1. The van der Waals surface area contributed by atoms with Crippen LogP contribution >= 0.6 is 0 Å². The van der Waals surface area contributed by atoms with Crippen molar-refractivity contribution in [3.05, 3.63) is 83.7 Å². The molecule has 8 heteroatoms. The predicted molar refractivity (Wildman–Crippen MR) is 113 cm³/mol. The van der Waals surface area contributed by atoms with Gasteiger partial charge in [0.1, 0.15) is 11.6 Å². The van der Waals surface area contributed by atoms with E-state index in [-0.39, 0.29) is 22.8 Å². The van der Waals surface area contributed by atoms with Gasteiger partial charge in [0, 0.05) is 18.2 Å². The minimum absolute atomic E-state index is 0.00407. The molecule has 0 atom stereocenters. The molecule has 30 heavy (non-hydrogen) atoms. The second-order valence-corrected chi connectivity index (χ2v) is 8.25. The van der Waals surface area contributed by atoms with Crippen LogP contribution in [-0.4, -0.2) is 20.9 Å². The van der Waals surface area contributed by atoms with E-state index in [4.69, 9.17) is 4.74 Å². The minimum Gasteiger partial charge on any atom is -0.455 e. The van der Waals surface area contributed by atoms with Crippen molar-refractivity contribution in [2.24, 2.45) is 0 Å². The lowest BCUT2D eigenvalue weighted by atomic mass is 10.1. The number of carbonyl (C=O) groups is 1. The second-order valence-electron chi connectivity index (χ2n) is 6.49. The Hall–Kier alpha value is -3.23. The van der Waals surface area contributed by atoms with Gasteiger partial charge in [0.25, 0.3) is 5.91 Å². The molecule has 0 aliphatic rings. The van der Waals surface area contributed by atoms with Crippen molar-refractivity contribution in [2.45, 2.75) is 18.7 Å². The molecule has 0 unspecified atom stereocenters. The highest BCUT2D eigenvalue weighted by Crippen LogP contribution is 2.30. The fourth-order valence-electron chi connectivity index (χ4n) is 2.79. The highest BCUT2D eigenvalue weighted by atomic mass is 32.2. The van der Waals surface area contributed by atoms with Crippen molar-refractivity contribution in [1.82, 2.24) is 4.72 Å². The van der Waals surface area contributed by atoms with E-state index in [0.717, 1.165) is 0 Å². The van der Waals surface area contributed by atoms with E-state index in [2.05, 4.69) is 10.0 Å². The van der Waals surface area contributed by atoms with Gasteiger partial charge >= 0.3 is 0 Å². The fourth-order valence-corrected chi connectivity index (χ4v) is 3.86. The standard InChI is InChI=1S/C22H21FN2O4S/c1-3-24-30(27,28)18-12-11-15(2)19(14-18)22(26)25-20-9-4-5-10-21(20)29-17-8-6-7-16(23)13-17/h4-14,24H,3H2,1-2H3,(H,25,26). The third-order valence-corrected chi connectivity index (χ3v) is 5.80. The Bertz CT molecular complexity index is 1180. The molecule has 2 N–H and O–H groups in total. The first-order chi connectivity index (χ1) is 14.3. The molecule has 6 nitrogen and oxygen atoms in total. The zero-order valence-corrected chi connectivity index (χ0v) is 17.3. The molecule has 3 aromatic rings. The molecule has 0 spiro atoms. The van der Waals surface area contributed by atoms with Crippen LogP contribution in [0.2, 0.25) is 0 Å². The third-order valence-electron chi connectivity index (χ3n) is 4.26. The van der Waals surface area contributed by atoms with Crippen molar-refractivity contribution in [3.63, 3.8) is 0 Å². The molecule has 156 valence electrons. The highest BCUT2D eigenvalue weighted by molar-refractivity contribution is 7.89. The molecule has 0 aliphatic carbocycles. The quantitative estimate of drug-likeness (QED) is 0.581. The number of carbonyl (C=O) groups excluding carboxylic acids is 1. The maximum atomic E-state index is 13.4. The molecule has 0 aromatic heterocycles. The van der Waals surface area contributed by atoms with Crippen molar-refractivity contribution < 1.29 is 22.3 Å². The molecule has 0 radical (unpaired) electrons. The van der Waals surface area contributed by atoms with Crippen LogP contribution in [0, 0.1) is 12.7 Å². The molecule has 0 aliphatic heterocycles. The molecule has 0 fully saturated rings. The summed E-state index contributed by atoms with van der Waals surface area (Å²) in [5.74, 6) is -0.322. The molecular formula is C22H21FN2O4S. The van der Waals surface area contributed by atoms with Gasteiger partial charge in [-0.25, -0.2) is 17.5 Å². The Morgan fingerprint density at radius 2 is 1.80 bits per heavy atom. The van der Waals surface area contributed by atoms with E-state index in [1.807, 2.05) is 0 Å². The highest BCUT2D eigenvalue weighted by Gasteiger charge is 2.18. The monoisotopic (exact) mass is 428 g/mol. The van der Waals surface area contributed by atoms with Gasteiger partial charge in [-0.05, 0) is 48.9 Å². The van der Waals surface area contributed by atoms with Crippen LogP contribution < -0.4 is 14.8 Å². The van der Waals surface area contributed by atoms with Crippen LogP contribution in [0.5, 0.6) is 11.5 Å². The Kier molecular flexibility index (Phi) is 6.49. The summed E-state index contributed by atoms with van der Waals surface area (Å²) in [7, 11) is -3.70. The molecule has 3 aromatic carbocycles. The molecule has 1 amide bonds. The number of amides is 1. The van der Waals surface area contributed by atoms with Gasteiger partial charge in [-0.15, -0.1) is 0 Å². The fraction of sp³-hybridized carbons (Fsp3) is 0.136. The molecule has 0 heterocycles. The van der Waals surface area contributed by atoms with E-state index < -0.39 is 21.7 Å². The first-order valence-corrected chi connectivity index (χ1v) is 10.7. The van der Waals surface area contributed by atoms with E-state index in [9.17, 15) is 17.6 Å². The van der Waals surface area contributed by atoms with Gasteiger partial charge in [0.05, 0.1) is 10.6 Å². The number of hydrogen-bond donors (Lipinski definition) is 2. The number of anilines is 1. The number of ether oxygens (including phenoxy) is 1. The Morgan fingerprint density at radius 1 is 1.03 bits per heavy atom.